The van der Waals surface area contributed by atoms with Crippen molar-refractivity contribution in [1.82, 2.24) is 9.55 Å². The molecule has 0 atom stereocenters. The summed E-state index contributed by atoms with van der Waals surface area (Å²) < 4.78 is 1.96. The Balaban J connectivity index is 2.17. The van der Waals surface area contributed by atoms with Gasteiger partial charge in [-0.25, -0.2) is 4.98 Å². The lowest BCUT2D eigenvalue weighted by atomic mass is 10.1. The molecule has 2 rings (SSSR count). The van der Waals surface area contributed by atoms with Gasteiger partial charge in [-0.15, -0.1) is 0 Å². The van der Waals surface area contributed by atoms with Crippen molar-refractivity contribution in [1.29, 1.82) is 5.26 Å². The molecule has 4 nitrogen and oxygen atoms in total. The van der Waals surface area contributed by atoms with Crippen molar-refractivity contribution in [3.63, 3.8) is 0 Å². The van der Waals surface area contributed by atoms with Gasteiger partial charge in [-0.1, -0.05) is 12.1 Å². The molecule has 1 aromatic heterocycles. The summed E-state index contributed by atoms with van der Waals surface area (Å²) >= 11 is 0. The van der Waals surface area contributed by atoms with Crippen LogP contribution in [0.25, 0.3) is 0 Å². The van der Waals surface area contributed by atoms with Gasteiger partial charge in [-0.2, -0.15) is 5.26 Å². The SMILES string of the molecule is N#Cc1cccc(Cn2cnc(CN)c2)c1. The Kier molecular flexibility index (Phi) is 2.99. The normalized spacial score (nSPS) is 10.0. The molecule has 4 heteroatoms. The lowest BCUT2D eigenvalue weighted by Crippen LogP contribution is -1.98. The van der Waals surface area contributed by atoms with Crippen molar-refractivity contribution >= 4 is 0 Å². The second-order valence-corrected chi connectivity index (χ2v) is 3.55. The molecule has 80 valence electrons. The fraction of sp³-hybridized carbons (Fsp3) is 0.167. The molecule has 1 aromatic carbocycles. The average molecular weight is 212 g/mol. The molecule has 0 aliphatic rings. The Morgan fingerprint density at radius 3 is 3.00 bits per heavy atom. The van der Waals surface area contributed by atoms with Crippen LogP contribution in [0.3, 0.4) is 0 Å². The van der Waals surface area contributed by atoms with Crippen LogP contribution in [0.4, 0.5) is 0 Å². The van der Waals surface area contributed by atoms with E-state index in [2.05, 4.69) is 11.1 Å². The minimum atomic E-state index is 0.450. The van der Waals surface area contributed by atoms with Crippen molar-refractivity contribution in [3.05, 3.63) is 53.6 Å². The van der Waals surface area contributed by atoms with E-state index in [1.807, 2.05) is 29.0 Å². The Morgan fingerprint density at radius 1 is 1.44 bits per heavy atom. The van der Waals surface area contributed by atoms with Gasteiger partial charge in [0.1, 0.15) is 0 Å². The number of benzene rings is 1. The standard InChI is InChI=1S/C12H12N4/c13-5-10-2-1-3-11(4-10)7-16-8-12(6-14)15-9-16/h1-4,8-9H,6-7,14H2. The molecule has 0 fully saturated rings. The lowest BCUT2D eigenvalue weighted by molar-refractivity contribution is 0.796. The monoisotopic (exact) mass is 212 g/mol. The third-order valence-electron chi connectivity index (χ3n) is 2.32. The summed E-state index contributed by atoms with van der Waals surface area (Å²) in [7, 11) is 0. The van der Waals surface area contributed by atoms with Crippen LogP contribution in [0.2, 0.25) is 0 Å². The zero-order valence-corrected chi connectivity index (χ0v) is 8.80. The largest absolute Gasteiger partial charge is 0.333 e. The van der Waals surface area contributed by atoms with Gasteiger partial charge in [0.05, 0.1) is 23.7 Å². The molecular weight excluding hydrogens is 200 g/mol. The van der Waals surface area contributed by atoms with E-state index >= 15 is 0 Å². The first-order chi connectivity index (χ1) is 7.81. The molecule has 0 bridgehead atoms. The average Bonchev–Trinajstić information content (AvgIpc) is 2.77. The number of hydrogen-bond acceptors (Lipinski definition) is 3. The third kappa shape index (κ3) is 2.27. The molecule has 2 aromatic rings. The van der Waals surface area contributed by atoms with Crippen molar-refractivity contribution < 1.29 is 0 Å². The van der Waals surface area contributed by atoms with Crippen LogP contribution >= 0.6 is 0 Å². The number of nitriles is 1. The van der Waals surface area contributed by atoms with Gasteiger partial charge in [0, 0.05) is 19.3 Å². The fourth-order valence-electron chi connectivity index (χ4n) is 1.55. The molecular formula is C12H12N4. The zero-order valence-electron chi connectivity index (χ0n) is 8.80. The maximum absolute atomic E-state index is 8.78. The van der Waals surface area contributed by atoms with E-state index in [4.69, 9.17) is 11.0 Å². The molecule has 2 N–H and O–H groups in total. The highest BCUT2D eigenvalue weighted by molar-refractivity contribution is 5.32. The van der Waals surface area contributed by atoms with Crippen LogP contribution in [0.1, 0.15) is 16.8 Å². The minimum absolute atomic E-state index is 0.450. The maximum atomic E-state index is 8.78. The summed E-state index contributed by atoms with van der Waals surface area (Å²) in [6.45, 7) is 1.16. The van der Waals surface area contributed by atoms with Crippen LogP contribution < -0.4 is 5.73 Å². The number of nitrogens with zero attached hydrogens (tertiary/aromatic N) is 3. The first-order valence-corrected chi connectivity index (χ1v) is 5.01. The summed E-state index contributed by atoms with van der Waals surface area (Å²) in [5, 5.41) is 8.78. The minimum Gasteiger partial charge on any atom is -0.333 e. The first kappa shape index (κ1) is 10.4. The van der Waals surface area contributed by atoms with Crippen molar-refractivity contribution in [2.75, 3.05) is 0 Å². The smallest absolute Gasteiger partial charge is 0.0991 e. The topological polar surface area (TPSA) is 67.6 Å². The lowest BCUT2D eigenvalue weighted by Gasteiger charge is -2.02. The van der Waals surface area contributed by atoms with Crippen molar-refractivity contribution in [2.45, 2.75) is 13.1 Å². The van der Waals surface area contributed by atoms with E-state index in [9.17, 15) is 0 Å². The van der Waals surface area contributed by atoms with E-state index in [1.54, 1.807) is 12.4 Å². The summed E-state index contributed by atoms with van der Waals surface area (Å²) in [6.07, 6.45) is 3.67. The Labute approximate surface area is 94.0 Å². The number of rotatable bonds is 3. The van der Waals surface area contributed by atoms with Gasteiger partial charge in [0.15, 0.2) is 0 Å². The van der Waals surface area contributed by atoms with Gasteiger partial charge in [-0.05, 0) is 17.7 Å². The predicted molar refractivity (Wildman–Crippen MR) is 60.4 cm³/mol. The fourth-order valence-corrected chi connectivity index (χ4v) is 1.55. The number of hydrogen-bond donors (Lipinski definition) is 1. The van der Waals surface area contributed by atoms with Gasteiger partial charge in [0.2, 0.25) is 0 Å². The van der Waals surface area contributed by atoms with Crippen molar-refractivity contribution in [3.8, 4) is 6.07 Å². The highest BCUT2D eigenvalue weighted by atomic mass is 15.0. The van der Waals surface area contributed by atoms with Gasteiger partial charge < -0.3 is 10.3 Å². The van der Waals surface area contributed by atoms with E-state index in [-0.39, 0.29) is 0 Å². The molecule has 0 aliphatic carbocycles. The third-order valence-corrected chi connectivity index (χ3v) is 2.32. The second-order valence-electron chi connectivity index (χ2n) is 3.55. The number of imidazole rings is 1. The molecule has 0 amide bonds. The Morgan fingerprint density at radius 2 is 2.31 bits per heavy atom. The quantitative estimate of drug-likeness (QED) is 0.832. The highest BCUT2D eigenvalue weighted by Gasteiger charge is 1.99. The molecule has 0 aliphatic heterocycles. The molecule has 0 radical (unpaired) electrons. The highest BCUT2D eigenvalue weighted by Crippen LogP contribution is 2.07. The van der Waals surface area contributed by atoms with Gasteiger partial charge >= 0.3 is 0 Å². The second kappa shape index (κ2) is 4.60. The summed E-state index contributed by atoms with van der Waals surface area (Å²) in [5.74, 6) is 0. The van der Waals surface area contributed by atoms with Crippen LogP contribution in [0.5, 0.6) is 0 Å². The maximum Gasteiger partial charge on any atom is 0.0991 e. The Bertz CT molecular complexity index is 522. The molecule has 0 unspecified atom stereocenters. The summed E-state index contributed by atoms with van der Waals surface area (Å²) in [4.78, 5) is 4.15. The summed E-state index contributed by atoms with van der Waals surface area (Å²) in [6, 6.07) is 9.67. The van der Waals surface area contributed by atoms with Crippen LogP contribution in [-0.2, 0) is 13.1 Å². The summed E-state index contributed by atoms with van der Waals surface area (Å²) in [5.41, 5.74) is 8.12. The molecule has 16 heavy (non-hydrogen) atoms. The Hall–Kier alpha value is -2.12. The first-order valence-electron chi connectivity index (χ1n) is 5.01. The van der Waals surface area contributed by atoms with E-state index in [1.165, 1.54) is 0 Å². The van der Waals surface area contributed by atoms with Crippen LogP contribution in [0.15, 0.2) is 36.8 Å². The van der Waals surface area contributed by atoms with Gasteiger partial charge in [-0.3, -0.25) is 0 Å². The zero-order chi connectivity index (χ0) is 11.4. The predicted octanol–water partition coefficient (Wildman–Crippen LogP) is 1.26. The van der Waals surface area contributed by atoms with E-state index in [0.29, 0.717) is 18.7 Å². The number of aromatic nitrogens is 2. The molecule has 1 heterocycles. The number of nitrogens with two attached hydrogens (primary N) is 1. The van der Waals surface area contributed by atoms with Crippen LogP contribution in [-0.4, -0.2) is 9.55 Å². The van der Waals surface area contributed by atoms with Crippen LogP contribution in [0, 0.1) is 11.3 Å². The van der Waals surface area contributed by atoms with Crippen molar-refractivity contribution in [2.24, 2.45) is 5.73 Å². The van der Waals surface area contributed by atoms with Gasteiger partial charge in [0.25, 0.3) is 0 Å². The van der Waals surface area contributed by atoms with E-state index < -0.39 is 0 Å². The molecule has 0 spiro atoms. The molecule has 0 saturated heterocycles. The van der Waals surface area contributed by atoms with E-state index in [0.717, 1.165) is 11.3 Å². The molecule has 0 saturated carbocycles.